The van der Waals surface area contributed by atoms with E-state index in [-0.39, 0.29) is 23.0 Å². The van der Waals surface area contributed by atoms with Crippen LogP contribution in [0.2, 0.25) is 0 Å². The molecular weight excluding hydrogens is 340 g/mol. The van der Waals surface area contributed by atoms with E-state index in [1.165, 1.54) is 12.1 Å². The lowest BCUT2D eigenvalue weighted by molar-refractivity contribution is -0.393. The summed E-state index contributed by atoms with van der Waals surface area (Å²) in [6.45, 7) is 3.33. The van der Waals surface area contributed by atoms with E-state index in [9.17, 15) is 25.0 Å². The number of non-ortho nitro benzene ring substituents is 1. The van der Waals surface area contributed by atoms with Gasteiger partial charge in [-0.1, -0.05) is 26.2 Å². The first-order valence-electron chi connectivity index (χ1n) is 8.89. The van der Waals surface area contributed by atoms with Crippen molar-refractivity contribution in [1.82, 2.24) is 5.32 Å². The number of carbonyl (C=O) groups excluding carboxylic acids is 1. The van der Waals surface area contributed by atoms with Crippen molar-refractivity contribution in [2.45, 2.75) is 51.9 Å². The number of rotatable bonds is 13. The van der Waals surface area contributed by atoms with Gasteiger partial charge in [-0.15, -0.1) is 0 Å². The summed E-state index contributed by atoms with van der Waals surface area (Å²) in [5.74, 6) is 0.0556. The standard InChI is InChI=1S/C17H26N4O5/c1-2-3-6-12-19-17(22)8-5-4-7-11-18-15-10-9-14(20(23)24)13-16(15)21(25)26/h9-10,13,18H,2-8,11-12H2,1H3,(H,19,22). The SMILES string of the molecule is CCCCCNC(=O)CCCCCNc1ccc([N+](=O)[O-])cc1[N+](=O)[O-]. The van der Waals surface area contributed by atoms with Crippen LogP contribution in [0.3, 0.4) is 0 Å². The Morgan fingerprint density at radius 3 is 2.38 bits per heavy atom. The zero-order valence-electron chi connectivity index (χ0n) is 15.0. The van der Waals surface area contributed by atoms with Gasteiger partial charge in [0.2, 0.25) is 5.91 Å². The highest BCUT2D eigenvalue weighted by atomic mass is 16.6. The van der Waals surface area contributed by atoms with Crippen LogP contribution >= 0.6 is 0 Å². The normalized spacial score (nSPS) is 10.3. The summed E-state index contributed by atoms with van der Waals surface area (Å²) < 4.78 is 0. The van der Waals surface area contributed by atoms with E-state index in [2.05, 4.69) is 17.6 Å². The highest BCUT2D eigenvalue weighted by Crippen LogP contribution is 2.28. The number of benzene rings is 1. The minimum Gasteiger partial charge on any atom is -0.379 e. The Labute approximate surface area is 152 Å². The van der Waals surface area contributed by atoms with Crippen LogP contribution in [0.25, 0.3) is 0 Å². The fraction of sp³-hybridized carbons (Fsp3) is 0.588. The molecule has 144 valence electrons. The molecule has 0 unspecified atom stereocenters. The summed E-state index contributed by atoms with van der Waals surface area (Å²) >= 11 is 0. The van der Waals surface area contributed by atoms with Crippen molar-refractivity contribution in [2.24, 2.45) is 0 Å². The van der Waals surface area contributed by atoms with E-state index < -0.39 is 9.85 Å². The first-order chi connectivity index (χ1) is 12.5. The van der Waals surface area contributed by atoms with E-state index >= 15 is 0 Å². The number of nitro benzene ring substituents is 2. The average molecular weight is 366 g/mol. The predicted octanol–water partition coefficient (Wildman–Crippen LogP) is 3.78. The summed E-state index contributed by atoms with van der Waals surface area (Å²) in [4.78, 5) is 32.0. The molecule has 0 spiro atoms. The fourth-order valence-electron chi connectivity index (χ4n) is 2.44. The van der Waals surface area contributed by atoms with Gasteiger partial charge >= 0.3 is 0 Å². The summed E-state index contributed by atoms with van der Waals surface area (Å²) in [5.41, 5.74) is -0.368. The predicted molar refractivity (Wildman–Crippen MR) is 99.2 cm³/mol. The number of unbranched alkanes of at least 4 members (excludes halogenated alkanes) is 4. The lowest BCUT2D eigenvalue weighted by Gasteiger charge is -2.07. The molecule has 9 nitrogen and oxygen atoms in total. The molecule has 1 aromatic carbocycles. The van der Waals surface area contributed by atoms with Gasteiger partial charge in [0.05, 0.1) is 15.9 Å². The maximum absolute atomic E-state index is 11.6. The third-order valence-corrected chi connectivity index (χ3v) is 3.89. The number of hydrogen-bond acceptors (Lipinski definition) is 6. The Hall–Kier alpha value is -2.71. The molecule has 0 atom stereocenters. The van der Waals surface area contributed by atoms with Crippen LogP contribution in [0, 0.1) is 20.2 Å². The molecule has 2 N–H and O–H groups in total. The molecule has 0 bridgehead atoms. The molecule has 0 fully saturated rings. The van der Waals surface area contributed by atoms with Crippen LogP contribution in [0.4, 0.5) is 17.1 Å². The molecule has 0 radical (unpaired) electrons. The third-order valence-electron chi connectivity index (χ3n) is 3.89. The van der Waals surface area contributed by atoms with Gasteiger partial charge < -0.3 is 10.6 Å². The van der Waals surface area contributed by atoms with Gasteiger partial charge in [-0.3, -0.25) is 25.0 Å². The number of hydrogen-bond donors (Lipinski definition) is 2. The van der Waals surface area contributed by atoms with Crippen molar-refractivity contribution in [3.8, 4) is 0 Å². The molecule has 1 rings (SSSR count). The van der Waals surface area contributed by atoms with E-state index in [4.69, 9.17) is 0 Å². The highest BCUT2D eigenvalue weighted by molar-refractivity contribution is 5.75. The Morgan fingerprint density at radius 2 is 1.73 bits per heavy atom. The Kier molecular flexibility index (Phi) is 9.66. The molecule has 0 aliphatic carbocycles. The molecule has 0 heterocycles. The van der Waals surface area contributed by atoms with Crippen LogP contribution in [0.15, 0.2) is 18.2 Å². The van der Waals surface area contributed by atoms with E-state index in [1.807, 2.05) is 0 Å². The third kappa shape index (κ3) is 7.91. The van der Waals surface area contributed by atoms with E-state index in [0.717, 1.165) is 51.1 Å². The highest BCUT2D eigenvalue weighted by Gasteiger charge is 2.18. The summed E-state index contributed by atoms with van der Waals surface area (Å²) in [6.07, 6.45) is 6.03. The summed E-state index contributed by atoms with van der Waals surface area (Å²) in [6, 6.07) is 3.53. The number of amides is 1. The molecule has 26 heavy (non-hydrogen) atoms. The van der Waals surface area contributed by atoms with Gasteiger partial charge in [-0.2, -0.15) is 0 Å². The zero-order chi connectivity index (χ0) is 19.4. The molecule has 0 aromatic heterocycles. The number of nitro groups is 2. The van der Waals surface area contributed by atoms with Crippen molar-refractivity contribution >= 4 is 23.0 Å². The molecule has 0 aliphatic rings. The molecule has 0 saturated heterocycles. The first-order valence-corrected chi connectivity index (χ1v) is 8.89. The monoisotopic (exact) mass is 366 g/mol. The van der Waals surface area contributed by atoms with Gasteiger partial charge in [-0.25, -0.2) is 0 Å². The van der Waals surface area contributed by atoms with Crippen LogP contribution in [-0.4, -0.2) is 28.8 Å². The largest absolute Gasteiger partial charge is 0.379 e. The zero-order valence-corrected chi connectivity index (χ0v) is 15.0. The topological polar surface area (TPSA) is 127 Å². The van der Waals surface area contributed by atoms with Crippen molar-refractivity contribution in [3.05, 3.63) is 38.4 Å². The smallest absolute Gasteiger partial charge is 0.299 e. The van der Waals surface area contributed by atoms with Crippen molar-refractivity contribution in [3.63, 3.8) is 0 Å². The van der Waals surface area contributed by atoms with Crippen LogP contribution in [-0.2, 0) is 4.79 Å². The van der Waals surface area contributed by atoms with E-state index in [0.29, 0.717) is 13.0 Å². The Morgan fingerprint density at radius 1 is 1.00 bits per heavy atom. The fourth-order valence-corrected chi connectivity index (χ4v) is 2.44. The molecular formula is C17H26N4O5. The minimum absolute atomic E-state index is 0.0556. The van der Waals surface area contributed by atoms with Crippen LogP contribution < -0.4 is 10.6 Å². The first kappa shape index (κ1) is 21.3. The second kappa shape index (κ2) is 11.8. The quantitative estimate of drug-likeness (QED) is 0.311. The minimum atomic E-state index is -0.663. The Bertz CT molecular complexity index is 621. The van der Waals surface area contributed by atoms with Crippen molar-refractivity contribution in [1.29, 1.82) is 0 Å². The number of carbonyl (C=O) groups is 1. The molecule has 1 amide bonds. The van der Waals surface area contributed by atoms with Gasteiger partial charge in [0.25, 0.3) is 11.4 Å². The molecule has 1 aromatic rings. The average Bonchev–Trinajstić information content (AvgIpc) is 2.61. The van der Waals surface area contributed by atoms with Gasteiger partial charge in [-0.05, 0) is 25.3 Å². The lowest BCUT2D eigenvalue weighted by Crippen LogP contribution is -2.23. The Balaban J connectivity index is 2.28. The van der Waals surface area contributed by atoms with Crippen molar-refractivity contribution in [2.75, 3.05) is 18.4 Å². The maximum atomic E-state index is 11.6. The second-order valence-electron chi connectivity index (χ2n) is 6.01. The number of nitrogens with zero attached hydrogens (tertiary/aromatic N) is 2. The maximum Gasteiger partial charge on any atom is 0.299 e. The molecule has 0 aliphatic heterocycles. The summed E-state index contributed by atoms with van der Waals surface area (Å²) in [7, 11) is 0. The molecule has 0 saturated carbocycles. The van der Waals surface area contributed by atoms with Gasteiger partial charge in [0, 0.05) is 25.6 Å². The lowest BCUT2D eigenvalue weighted by atomic mass is 10.1. The summed E-state index contributed by atoms with van der Waals surface area (Å²) in [5, 5.41) is 27.6. The van der Waals surface area contributed by atoms with Gasteiger partial charge in [0.15, 0.2) is 0 Å². The van der Waals surface area contributed by atoms with Gasteiger partial charge in [0.1, 0.15) is 5.69 Å². The number of nitrogens with one attached hydrogen (secondary N) is 2. The molecule has 9 heteroatoms. The van der Waals surface area contributed by atoms with Crippen LogP contribution in [0.5, 0.6) is 0 Å². The van der Waals surface area contributed by atoms with Crippen LogP contribution in [0.1, 0.15) is 51.9 Å². The number of anilines is 1. The van der Waals surface area contributed by atoms with Crippen molar-refractivity contribution < 1.29 is 14.6 Å². The van der Waals surface area contributed by atoms with E-state index in [1.54, 1.807) is 0 Å². The second-order valence-corrected chi connectivity index (χ2v) is 6.01.